The number of halogens is 1. The summed E-state index contributed by atoms with van der Waals surface area (Å²) in [5.74, 6) is 2.00. The lowest BCUT2D eigenvalue weighted by Gasteiger charge is -2.20. The molecule has 1 heterocycles. The molecule has 0 saturated carbocycles. The van der Waals surface area contributed by atoms with E-state index in [-0.39, 0.29) is 12.5 Å². The van der Waals surface area contributed by atoms with Crippen LogP contribution in [0.5, 0.6) is 17.2 Å². The van der Waals surface area contributed by atoms with E-state index in [9.17, 15) is 4.79 Å². The summed E-state index contributed by atoms with van der Waals surface area (Å²) >= 11 is 5.84. The predicted molar refractivity (Wildman–Crippen MR) is 101 cm³/mol. The van der Waals surface area contributed by atoms with Crippen molar-refractivity contribution in [3.63, 3.8) is 0 Å². The van der Waals surface area contributed by atoms with E-state index in [1.54, 1.807) is 30.3 Å². The number of benzene rings is 2. The van der Waals surface area contributed by atoms with E-state index in [1.807, 2.05) is 24.1 Å². The van der Waals surface area contributed by atoms with Crippen LogP contribution in [0.25, 0.3) is 0 Å². The van der Waals surface area contributed by atoms with Crippen LogP contribution in [0.4, 0.5) is 5.69 Å². The van der Waals surface area contributed by atoms with E-state index in [4.69, 9.17) is 25.8 Å². The molecule has 1 aliphatic heterocycles. The maximum absolute atomic E-state index is 12.2. The minimum absolute atomic E-state index is 0.101. The molecule has 2 aromatic carbocycles. The molecule has 0 aromatic heterocycles. The highest BCUT2D eigenvalue weighted by Gasteiger charge is 2.13. The predicted octanol–water partition coefficient (Wildman–Crippen LogP) is 3.06. The van der Waals surface area contributed by atoms with Crippen LogP contribution < -0.4 is 19.5 Å². The van der Waals surface area contributed by atoms with Crippen molar-refractivity contribution in [1.29, 1.82) is 0 Å². The first-order valence-corrected chi connectivity index (χ1v) is 8.74. The molecule has 0 atom stereocenters. The summed E-state index contributed by atoms with van der Waals surface area (Å²) in [6.07, 6.45) is 0. The first-order chi connectivity index (χ1) is 12.6. The number of carbonyl (C=O) groups excluding carboxylic acids is 1. The monoisotopic (exact) mass is 376 g/mol. The van der Waals surface area contributed by atoms with E-state index < -0.39 is 0 Å². The molecule has 0 bridgehead atoms. The van der Waals surface area contributed by atoms with Gasteiger partial charge < -0.3 is 19.5 Å². The van der Waals surface area contributed by atoms with E-state index in [0.29, 0.717) is 48.6 Å². The lowest BCUT2D eigenvalue weighted by atomic mass is 10.2. The molecular formula is C19H21ClN2O4. The van der Waals surface area contributed by atoms with Crippen LogP contribution in [-0.4, -0.2) is 50.8 Å². The molecule has 3 rings (SSSR count). The maximum atomic E-state index is 12.2. The second-order valence-electron chi connectivity index (χ2n) is 5.95. The van der Waals surface area contributed by atoms with Gasteiger partial charge >= 0.3 is 0 Å². The molecule has 0 radical (unpaired) electrons. The fourth-order valence-electron chi connectivity index (χ4n) is 2.50. The number of rotatable bonds is 7. The zero-order valence-corrected chi connectivity index (χ0v) is 15.3. The number of hydrogen-bond acceptors (Lipinski definition) is 5. The normalized spacial score (nSPS) is 12.7. The third-order valence-electron chi connectivity index (χ3n) is 3.79. The van der Waals surface area contributed by atoms with Crippen LogP contribution in [0.2, 0.25) is 5.02 Å². The lowest BCUT2D eigenvalue weighted by Crippen LogP contribution is -2.33. The summed E-state index contributed by atoms with van der Waals surface area (Å²) in [4.78, 5) is 14.1. The van der Waals surface area contributed by atoms with Crippen molar-refractivity contribution < 1.29 is 19.0 Å². The van der Waals surface area contributed by atoms with Gasteiger partial charge in [-0.3, -0.25) is 9.69 Å². The van der Waals surface area contributed by atoms with Crippen molar-refractivity contribution in [1.82, 2.24) is 4.90 Å². The molecule has 0 fully saturated rings. The van der Waals surface area contributed by atoms with E-state index >= 15 is 0 Å². The summed E-state index contributed by atoms with van der Waals surface area (Å²) < 4.78 is 16.6. The summed E-state index contributed by atoms with van der Waals surface area (Å²) in [6, 6.07) is 12.6. The van der Waals surface area contributed by atoms with Gasteiger partial charge in [-0.15, -0.1) is 0 Å². The number of amides is 1. The quantitative estimate of drug-likeness (QED) is 0.804. The van der Waals surface area contributed by atoms with Crippen LogP contribution in [0.1, 0.15) is 0 Å². The molecule has 0 spiro atoms. The minimum atomic E-state index is -0.101. The average molecular weight is 377 g/mol. The number of likely N-dealkylation sites (N-methyl/N-ethyl adjacent to an activating group) is 1. The van der Waals surface area contributed by atoms with Crippen molar-refractivity contribution in [3.05, 3.63) is 47.5 Å². The second-order valence-corrected chi connectivity index (χ2v) is 6.38. The Hall–Kier alpha value is -2.44. The van der Waals surface area contributed by atoms with E-state index in [0.717, 1.165) is 5.75 Å². The molecule has 26 heavy (non-hydrogen) atoms. The second kappa shape index (κ2) is 8.78. The number of hydrogen-bond donors (Lipinski definition) is 1. The van der Waals surface area contributed by atoms with Crippen molar-refractivity contribution in [3.8, 4) is 17.2 Å². The minimum Gasteiger partial charge on any atom is -0.492 e. The Morgan fingerprint density at radius 3 is 2.65 bits per heavy atom. The molecule has 1 aliphatic rings. The lowest BCUT2D eigenvalue weighted by molar-refractivity contribution is -0.117. The Bertz CT molecular complexity index is 752. The number of nitrogens with one attached hydrogen (secondary N) is 1. The van der Waals surface area contributed by atoms with E-state index in [2.05, 4.69) is 5.32 Å². The highest BCUT2D eigenvalue weighted by molar-refractivity contribution is 6.30. The Morgan fingerprint density at radius 2 is 1.88 bits per heavy atom. The first kappa shape index (κ1) is 18.4. The van der Waals surface area contributed by atoms with Crippen LogP contribution in [0.15, 0.2) is 42.5 Å². The van der Waals surface area contributed by atoms with Crippen LogP contribution in [0, 0.1) is 0 Å². The van der Waals surface area contributed by atoms with Gasteiger partial charge in [0.15, 0.2) is 11.5 Å². The summed E-state index contributed by atoms with van der Waals surface area (Å²) in [5.41, 5.74) is 0.685. The van der Waals surface area contributed by atoms with Gasteiger partial charge in [0.05, 0.1) is 6.54 Å². The molecule has 138 valence electrons. The molecule has 0 unspecified atom stereocenters. The zero-order chi connectivity index (χ0) is 18.4. The van der Waals surface area contributed by atoms with Gasteiger partial charge in [0.1, 0.15) is 25.6 Å². The van der Waals surface area contributed by atoms with Crippen molar-refractivity contribution in [2.24, 2.45) is 0 Å². The van der Waals surface area contributed by atoms with Gasteiger partial charge in [0.2, 0.25) is 5.91 Å². The van der Waals surface area contributed by atoms with Crippen molar-refractivity contribution in [2.75, 3.05) is 45.3 Å². The van der Waals surface area contributed by atoms with Crippen LogP contribution >= 0.6 is 11.6 Å². The Labute approximate surface area is 157 Å². The number of fused-ring (bicyclic) bond motifs is 1. The van der Waals surface area contributed by atoms with Gasteiger partial charge in [0, 0.05) is 23.3 Å². The van der Waals surface area contributed by atoms with Gasteiger partial charge in [-0.2, -0.15) is 0 Å². The zero-order valence-electron chi connectivity index (χ0n) is 14.5. The number of carbonyl (C=O) groups is 1. The molecule has 0 saturated heterocycles. The smallest absolute Gasteiger partial charge is 0.238 e. The molecule has 7 heteroatoms. The molecule has 0 aliphatic carbocycles. The van der Waals surface area contributed by atoms with Gasteiger partial charge in [0.25, 0.3) is 0 Å². The fraction of sp³-hybridized carbons (Fsp3) is 0.316. The van der Waals surface area contributed by atoms with Gasteiger partial charge in [-0.25, -0.2) is 0 Å². The standard InChI is InChI=1S/C19H21ClN2O4/c1-22(8-9-24-16-5-2-14(20)3-6-16)13-19(23)21-15-4-7-17-18(12-15)26-11-10-25-17/h2-7,12H,8-11,13H2,1H3,(H,21,23). The first-order valence-electron chi connectivity index (χ1n) is 8.36. The number of anilines is 1. The Kier molecular flexibility index (Phi) is 6.20. The third kappa shape index (κ3) is 5.28. The molecule has 6 nitrogen and oxygen atoms in total. The van der Waals surface area contributed by atoms with E-state index in [1.165, 1.54) is 0 Å². The number of ether oxygens (including phenoxy) is 3. The summed E-state index contributed by atoms with van der Waals surface area (Å²) in [5, 5.41) is 3.54. The van der Waals surface area contributed by atoms with Crippen molar-refractivity contribution in [2.45, 2.75) is 0 Å². The summed E-state index contributed by atoms with van der Waals surface area (Å²) in [6.45, 7) is 2.42. The highest BCUT2D eigenvalue weighted by atomic mass is 35.5. The van der Waals surface area contributed by atoms with Gasteiger partial charge in [-0.1, -0.05) is 11.6 Å². The number of nitrogens with zero attached hydrogens (tertiary/aromatic N) is 1. The maximum Gasteiger partial charge on any atom is 0.238 e. The topological polar surface area (TPSA) is 60.0 Å². The highest BCUT2D eigenvalue weighted by Crippen LogP contribution is 2.32. The molecule has 2 aromatic rings. The van der Waals surface area contributed by atoms with Crippen LogP contribution in [-0.2, 0) is 4.79 Å². The molecule has 1 N–H and O–H groups in total. The fourth-order valence-corrected chi connectivity index (χ4v) is 2.62. The third-order valence-corrected chi connectivity index (χ3v) is 4.05. The molecular weight excluding hydrogens is 356 g/mol. The molecule has 1 amide bonds. The van der Waals surface area contributed by atoms with Crippen molar-refractivity contribution >= 4 is 23.2 Å². The van der Waals surface area contributed by atoms with Gasteiger partial charge in [-0.05, 0) is 43.4 Å². The largest absolute Gasteiger partial charge is 0.492 e. The van der Waals surface area contributed by atoms with Crippen LogP contribution in [0.3, 0.4) is 0 Å². The Morgan fingerprint density at radius 1 is 1.15 bits per heavy atom. The summed E-state index contributed by atoms with van der Waals surface area (Å²) in [7, 11) is 1.87. The average Bonchev–Trinajstić information content (AvgIpc) is 2.63. The Balaban J connectivity index is 1.41. The SMILES string of the molecule is CN(CCOc1ccc(Cl)cc1)CC(=O)Nc1ccc2c(c1)OCCO2.